The molecule has 142 valence electrons. The number of benzene rings is 1. The molecule has 1 saturated heterocycles. The highest BCUT2D eigenvalue weighted by atomic mass is 127. The molecular formula is C18H22ClIN2O4. The Balaban J connectivity index is 1.98. The Morgan fingerprint density at radius 3 is 2.81 bits per heavy atom. The van der Waals surface area contributed by atoms with Gasteiger partial charge in [-0.25, -0.2) is 0 Å². The number of likely N-dealkylation sites (tertiary alicyclic amines) is 1. The first kappa shape index (κ1) is 21.0. The Kier molecular flexibility index (Phi) is 7.69. The summed E-state index contributed by atoms with van der Waals surface area (Å²) in [5.74, 6) is -0.985. The molecule has 1 heterocycles. The number of hydrogen-bond donors (Lipinski definition) is 0. The highest BCUT2D eigenvalue weighted by Crippen LogP contribution is 2.20. The van der Waals surface area contributed by atoms with Crippen molar-refractivity contribution in [1.29, 1.82) is 0 Å². The number of amides is 2. The van der Waals surface area contributed by atoms with Gasteiger partial charge in [-0.1, -0.05) is 11.6 Å². The number of halogens is 2. The zero-order valence-electron chi connectivity index (χ0n) is 14.8. The molecular weight excluding hydrogens is 471 g/mol. The van der Waals surface area contributed by atoms with E-state index >= 15 is 0 Å². The van der Waals surface area contributed by atoms with Crippen LogP contribution in [0, 0.1) is 9.49 Å². The number of likely N-dealkylation sites (N-methyl/N-ethyl adjacent to an activating group) is 1. The molecule has 1 unspecified atom stereocenters. The Morgan fingerprint density at radius 1 is 1.38 bits per heavy atom. The Labute approximate surface area is 171 Å². The van der Waals surface area contributed by atoms with Gasteiger partial charge in [0.2, 0.25) is 5.91 Å². The summed E-state index contributed by atoms with van der Waals surface area (Å²) in [6.07, 6.45) is 1.47. The molecule has 0 bridgehead atoms. The molecule has 1 aromatic carbocycles. The van der Waals surface area contributed by atoms with Crippen molar-refractivity contribution in [3.63, 3.8) is 0 Å². The van der Waals surface area contributed by atoms with E-state index in [4.69, 9.17) is 16.3 Å². The lowest BCUT2D eigenvalue weighted by Crippen LogP contribution is -2.47. The van der Waals surface area contributed by atoms with Crippen molar-refractivity contribution in [2.45, 2.75) is 19.8 Å². The van der Waals surface area contributed by atoms with Crippen LogP contribution in [0.2, 0.25) is 5.02 Å². The number of rotatable bonds is 5. The fraction of sp³-hybridized carbons (Fsp3) is 0.500. The fourth-order valence-electron chi connectivity index (χ4n) is 2.90. The third kappa shape index (κ3) is 5.33. The summed E-state index contributed by atoms with van der Waals surface area (Å²) in [4.78, 5) is 40.1. The standard InChI is InChI=1S/C18H22ClIN2O4/c1-3-26-18(25)12-5-4-8-22(10-12)16(23)11-21(2)17(24)14-9-13(19)6-7-15(14)20/h6-7,9,12H,3-5,8,10-11H2,1-2H3. The smallest absolute Gasteiger partial charge is 0.310 e. The second-order valence-electron chi connectivity index (χ2n) is 6.22. The summed E-state index contributed by atoms with van der Waals surface area (Å²) < 4.78 is 5.83. The number of nitrogens with zero attached hydrogens (tertiary/aromatic N) is 2. The SMILES string of the molecule is CCOC(=O)C1CCCN(C(=O)CN(C)C(=O)c2cc(Cl)ccc2I)C1. The van der Waals surface area contributed by atoms with Crippen LogP contribution in [0.15, 0.2) is 18.2 Å². The van der Waals surface area contributed by atoms with Crippen LogP contribution < -0.4 is 0 Å². The van der Waals surface area contributed by atoms with Crippen molar-refractivity contribution >= 4 is 52.0 Å². The number of piperidine rings is 1. The van der Waals surface area contributed by atoms with Crippen LogP contribution in [0.25, 0.3) is 0 Å². The molecule has 1 aliphatic rings. The molecule has 0 saturated carbocycles. The lowest BCUT2D eigenvalue weighted by molar-refractivity contribution is -0.151. The quantitative estimate of drug-likeness (QED) is 0.468. The van der Waals surface area contributed by atoms with E-state index in [1.165, 1.54) is 4.90 Å². The molecule has 8 heteroatoms. The van der Waals surface area contributed by atoms with Gasteiger partial charge in [-0.3, -0.25) is 14.4 Å². The molecule has 0 radical (unpaired) electrons. The van der Waals surface area contributed by atoms with Gasteiger partial charge in [0.05, 0.1) is 24.6 Å². The van der Waals surface area contributed by atoms with Crippen LogP contribution in [-0.2, 0) is 14.3 Å². The molecule has 1 atom stereocenters. The van der Waals surface area contributed by atoms with Crippen molar-refractivity contribution < 1.29 is 19.1 Å². The topological polar surface area (TPSA) is 66.9 Å². The second-order valence-corrected chi connectivity index (χ2v) is 7.81. The zero-order chi connectivity index (χ0) is 19.3. The van der Waals surface area contributed by atoms with Crippen molar-refractivity contribution in [3.8, 4) is 0 Å². The first-order valence-corrected chi connectivity index (χ1v) is 9.94. The van der Waals surface area contributed by atoms with Gasteiger partial charge in [-0.15, -0.1) is 0 Å². The first-order chi connectivity index (χ1) is 12.3. The largest absolute Gasteiger partial charge is 0.466 e. The average molecular weight is 493 g/mol. The minimum Gasteiger partial charge on any atom is -0.466 e. The van der Waals surface area contributed by atoms with E-state index in [-0.39, 0.29) is 30.2 Å². The van der Waals surface area contributed by atoms with E-state index < -0.39 is 0 Å². The summed E-state index contributed by atoms with van der Waals surface area (Å²) in [6, 6.07) is 5.08. The average Bonchev–Trinajstić information content (AvgIpc) is 2.63. The van der Waals surface area contributed by atoms with Gasteiger partial charge in [-0.2, -0.15) is 0 Å². The number of carbonyl (C=O) groups excluding carboxylic acids is 3. The minimum absolute atomic E-state index is 0.0447. The highest BCUT2D eigenvalue weighted by Gasteiger charge is 2.30. The van der Waals surface area contributed by atoms with Gasteiger partial charge in [0.1, 0.15) is 0 Å². The number of esters is 1. The van der Waals surface area contributed by atoms with Crippen molar-refractivity contribution in [1.82, 2.24) is 9.80 Å². The predicted molar refractivity (Wildman–Crippen MR) is 107 cm³/mol. The van der Waals surface area contributed by atoms with Crippen molar-refractivity contribution in [3.05, 3.63) is 32.4 Å². The second kappa shape index (κ2) is 9.55. The molecule has 6 nitrogen and oxygen atoms in total. The number of ether oxygens (including phenoxy) is 1. The van der Waals surface area contributed by atoms with Crippen LogP contribution in [0.1, 0.15) is 30.1 Å². The lowest BCUT2D eigenvalue weighted by atomic mass is 9.98. The van der Waals surface area contributed by atoms with E-state index in [0.717, 1.165) is 16.4 Å². The summed E-state index contributed by atoms with van der Waals surface area (Å²) in [5, 5.41) is 0.474. The van der Waals surface area contributed by atoms with Crippen molar-refractivity contribution in [2.75, 3.05) is 33.3 Å². The zero-order valence-corrected chi connectivity index (χ0v) is 17.7. The van der Waals surface area contributed by atoms with Gasteiger partial charge in [0.25, 0.3) is 5.91 Å². The normalized spacial score (nSPS) is 16.9. The molecule has 2 rings (SSSR count). The Hall–Kier alpha value is -1.35. The molecule has 0 aromatic heterocycles. The fourth-order valence-corrected chi connectivity index (χ4v) is 3.64. The molecule has 26 heavy (non-hydrogen) atoms. The van der Waals surface area contributed by atoms with Crippen LogP contribution in [0.4, 0.5) is 0 Å². The van der Waals surface area contributed by atoms with Gasteiger partial charge in [0, 0.05) is 28.7 Å². The Morgan fingerprint density at radius 2 is 2.12 bits per heavy atom. The van der Waals surface area contributed by atoms with E-state index in [0.29, 0.717) is 30.3 Å². The summed E-state index contributed by atoms with van der Waals surface area (Å²) in [5.41, 5.74) is 0.469. The van der Waals surface area contributed by atoms with Crippen LogP contribution in [-0.4, -0.2) is 60.9 Å². The molecule has 0 aliphatic carbocycles. The van der Waals surface area contributed by atoms with E-state index in [1.54, 1.807) is 37.1 Å². The minimum atomic E-state index is -0.289. The third-order valence-corrected chi connectivity index (χ3v) is 5.45. The first-order valence-electron chi connectivity index (χ1n) is 8.48. The summed E-state index contributed by atoms with van der Waals surface area (Å²) in [6.45, 7) is 2.98. The maximum atomic E-state index is 12.6. The summed E-state index contributed by atoms with van der Waals surface area (Å²) >= 11 is 8.04. The molecule has 0 N–H and O–H groups in total. The van der Waals surface area contributed by atoms with Gasteiger partial charge < -0.3 is 14.5 Å². The highest BCUT2D eigenvalue weighted by molar-refractivity contribution is 14.1. The molecule has 1 aliphatic heterocycles. The van der Waals surface area contributed by atoms with Gasteiger partial charge in [0.15, 0.2) is 0 Å². The van der Waals surface area contributed by atoms with Crippen LogP contribution in [0.5, 0.6) is 0 Å². The maximum Gasteiger partial charge on any atom is 0.310 e. The van der Waals surface area contributed by atoms with Gasteiger partial charge >= 0.3 is 5.97 Å². The number of hydrogen-bond acceptors (Lipinski definition) is 4. The predicted octanol–water partition coefficient (Wildman–Crippen LogP) is 2.82. The lowest BCUT2D eigenvalue weighted by Gasteiger charge is -2.32. The van der Waals surface area contributed by atoms with Crippen LogP contribution >= 0.6 is 34.2 Å². The monoisotopic (exact) mass is 492 g/mol. The van der Waals surface area contributed by atoms with E-state index in [9.17, 15) is 14.4 Å². The van der Waals surface area contributed by atoms with Crippen molar-refractivity contribution in [2.24, 2.45) is 5.92 Å². The summed E-state index contributed by atoms with van der Waals surface area (Å²) in [7, 11) is 1.59. The maximum absolute atomic E-state index is 12.6. The van der Waals surface area contributed by atoms with E-state index in [2.05, 4.69) is 22.6 Å². The van der Waals surface area contributed by atoms with Crippen LogP contribution in [0.3, 0.4) is 0 Å². The third-order valence-electron chi connectivity index (χ3n) is 4.27. The van der Waals surface area contributed by atoms with E-state index in [1.807, 2.05) is 0 Å². The molecule has 0 spiro atoms. The molecule has 2 amide bonds. The molecule has 1 fully saturated rings. The Bertz CT molecular complexity index is 698. The number of carbonyl (C=O) groups is 3. The van der Waals surface area contributed by atoms with Gasteiger partial charge in [-0.05, 0) is 60.6 Å². The molecule has 1 aromatic rings.